The number of rotatable bonds is 1. The highest BCUT2D eigenvalue weighted by Gasteiger charge is 2.20. The molecule has 0 saturated carbocycles. The fourth-order valence-electron chi connectivity index (χ4n) is 1.48. The third-order valence-electron chi connectivity index (χ3n) is 2.06. The summed E-state index contributed by atoms with van der Waals surface area (Å²) >= 11 is 5.82. The van der Waals surface area contributed by atoms with Crippen LogP contribution in [0.4, 0.5) is 0 Å². The van der Waals surface area contributed by atoms with Gasteiger partial charge in [-0.3, -0.25) is 0 Å². The van der Waals surface area contributed by atoms with Crippen LogP contribution in [0, 0.1) is 6.92 Å². The first kappa shape index (κ1) is 8.91. The molecule has 4 heteroatoms. The highest BCUT2D eigenvalue weighted by atomic mass is 35.5. The molecule has 1 fully saturated rings. The van der Waals surface area contributed by atoms with Crippen LogP contribution < -0.4 is 0 Å². The lowest BCUT2D eigenvalue weighted by Gasteiger charge is -2.08. The first-order valence-electron chi connectivity index (χ1n) is 4.38. The lowest BCUT2D eigenvalue weighted by Crippen LogP contribution is -2.03. The lowest BCUT2D eigenvalue weighted by molar-refractivity contribution is 0.105. The minimum atomic E-state index is 0.0531. The van der Waals surface area contributed by atoms with Gasteiger partial charge in [0.05, 0.1) is 0 Å². The van der Waals surface area contributed by atoms with Gasteiger partial charge < -0.3 is 4.74 Å². The number of halogens is 1. The van der Waals surface area contributed by atoms with Gasteiger partial charge in [-0.05, 0) is 25.8 Å². The summed E-state index contributed by atoms with van der Waals surface area (Å²) in [6, 6.07) is 1.75. The van der Waals surface area contributed by atoms with Crippen molar-refractivity contribution < 1.29 is 4.74 Å². The van der Waals surface area contributed by atoms with E-state index in [1.165, 1.54) is 0 Å². The smallest absolute Gasteiger partial charge is 0.159 e. The fraction of sp³-hybridized carbons (Fsp3) is 0.556. The maximum absolute atomic E-state index is 5.82. The van der Waals surface area contributed by atoms with Gasteiger partial charge >= 0.3 is 0 Å². The second-order valence-electron chi connectivity index (χ2n) is 3.19. The Kier molecular flexibility index (Phi) is 2.47. The van der Waals surface area contributed by atoms with Crippen molar-refractivity contribution in [2.75, 3.05) is 6.61 Å². The Bertz CT molecular complexity index is 290. The molecule has 1 aliphatic rings. The number of nitrogens with zero attached hydrogens (tertiary/aromatic N) is 2. The van der Waals surface area contributed by atoms with E-state index in [2.05, 4.69) is 9.97 Å². The van der Waals surface area contributed by atoms with Gasteiger partial charge in [-0.15, -0.1) is 0 Å². The second-order valence-corrected chi connectivity index (χ2v) is 3.58. The quantitative estimate of drug-likeness (QED) is 0.650. The zero-order chi connectivity index (χ0) is 9.26. The van der Waals surface area contributed by atoms with E-state index in [0.29, 0.717) is 5.15 Å². The predicted octanol–water partition coefficient (Wildman–Crippen LogP) is 2.29. The summed E-state index contributed by atoms with van der Waals surface area (Å²) in [7, 11) is 0. The average Bonchev–Trinajstić information content (AvgIpc) is 2.53. The highest BCUT2D eigenvalue weighted by Crippen LogP contribution is 2.26. The zero-order valence-electron chi connectivity index (χ0n) is 7.46. The Balaban J connectivity index is 2.28. The average molecular weight is 199 g/mol. The molecule has 1 aromatic rings. The first-order chi connectivity index (χ1) is 6.25. The maximum Gasteiger partial charge on any atom is 0.159 e. The third kappa shape index (κ3) is 1.98. The van der Waals surface area contributed by atoms with E-state index in [4.69, 9.17) is 16.3 Å². The first-order valence-corrected chi connectivity index (χ1v) is 4.76. The van der Waals surface area contributed by atoms with Crippen LogP contribution in [-0.2, 0) is 4.74 Å². The van der Waals surface area contributed by atoms with E-state index in [0.717, 1.165) is 31.0 Å². The van der Waals surface area contributed by atoms with Crippen molar-refractivity contribution in [3.05, 3.63) is 22.7 Å². The Morgan fingerprint density at radius 1 is 1.54 bits per heavy atom. The van der Waals surface area contributed by atoms with Gasteiger partial charge in [0.1, 0.15) is 11.3 Å². The van der Waals surface area contributed by atoms with Crippen LogP contribution in [0.5, 0.6) is 0 Å². The maximum atomic E-state index is 5.82. The summed E-state index contributed by atoms with van der Waals surface area (Å²) in [6.45, 7) is 2.71. The van der Waals surface area contributed by atoms with E-state index in [-0.39, 0.29) is 6.10 Å². The molecule has 1 unspecified atom stereocenters. The Morgan fingerprint density at radius 2 is 2.38 bits per heavy atom. The van der Waals surface area contributed by atoms with Gasteiger partial charge in [-0.2, -0.15) is 0 Å². The number of ether oxygens (including phenoxy) is 1. The van der Waals surface area contributed by atoms with Crippen LogP contribution in [0.1, 0.15) is 30.5 Å². The van der Waals surface area contributed by atoms with Crippen LogP contribution in [-0.4, -0.2) is 16.6 Å². The van der Waals surface area contributed by atoms with E-state index in [1.807, 2.05) is 6.92 Å². The van der Waals surface area contributed by atoms with E-state index in [9.17, 15) is 0 Å². The normalized spacial score (nSPS) is 22.2. The van der Waals surface area contributed by atoms with Crippen LogP contribution in [0.25, 0.3) is 0 Å². The Hall–Kier alpha value is -0.670. The fourth-order valence-corrected chi connectivity index (χ4v) is 1.72. The monoisotopic (exact) mass is 198 g/mol. The van der Waals surface area contributed by atoms with Crippen molar-refractivity contribution in [1.82, 2.24) is 9.97 Å². The van der Waals surface area contributed by atoms with Crippen molar-refractivity contribution in [2.45, 2.75) is 25.9 Å². The molecule has 1 aliphatic heterocycles. The predicted molar refractivity (Wildman–Crippen MR) is 49.7 cm³/mol. The molecule has 0 aliphatic carbocycles. The van der Waals surface area contributed by atoms with E-state index in [1.54, 1.807) is 6.07 Å². The SMILES string of the molecule is Cc1cc(Cl)nc(C2CCCO2)n1. The van der Waals surface area contributed by atoms with E-state index >= 15 is 0 Å². The van der Waals surface area contributed by atoms with Crippen molar-refractivity contribution in [3.8, 4) is 0 Å². The lowest BCUT2D eigenvalue weighted by atomic mass is 10.2. The molecule has 13 heavy (non-hydrogen) atoms. The molecule has 0 amide bonds. The molecule has 1 atom stereocenters. The molecular weight excluding hydrogens is 188 g/mol. The summed E-state index contributed by atoms with van der Waals surface area (Å²) in [5.74, 6) is 0.725. The zero-order valence-corrected chi connectivity index (χ0v) is 8.21. The van der Waals surface area contributed by atoms with Gasteiger partial charge in [0, 0.05) is 12.3 Å². The molecule has 2 rings (SSSR count). The van der Waals surface area contributed by atoms with Gasteiger partial charge in [-0.1, -0.05) is 11.6 Å². The number of aromatic nitrogens is 2. The number of aryl methyl sites for hydroxylation is 1. The van der Waals surface area contributed by atoms with Crippen LogP contribution in [0.15, 0.2) is 6.07 Å². The molecule has 1 aromatic heterocycles. The molecule has 0 aromatic carbocycles. The summed E-state index contributed by atoms with van der Waals surface area (Å²) in [4.78, 5) is 8.44. The van der Waals surface area contributed by atoms with Crippen molar-refractivity contribution in [1.29, 1.82) is 0 Å². The molecule has 70 valence electrons. The van der Waals surface area contributed by atoms with Crippen LogP contribution >= 0.6 is 11.6 Å². The Labute approximate surface area is 82.1 Å². The summed E-state index contributed by atoms with van der Waals surface area (Å²) in [6.07, 6.45) is 2.14. The van der Waals surface area contributed by atoms with Gasteiger partial charge in [0.2, 0.25) is 0 Å². The largest absolute Gasteiger partial charge is 0.370 e. The molecule has 2 heterocycles. The summed E-state index contributed by atoms with van der Waals surface area (Å²) < 4.78 is 5.47. The standard InChI is InChI=1S/C9H11ClN2O/c1-6-5-8(10)12-9(11-6)7-3-2-4-13-7/h5,7H,2-4H2,1H3. The molecule has 1 saturated heterocycles. The molecule has 0 N–H and O–H groups in total. The molecule has 0 spiro atoms. The molecular formula is C9H11ClN2O. The van der Waals surface area contributed by atoms with Crippen LogP contribution in [0.3, 0.4) is 0 Å². The van der Waals surface area contributed by atoms with Gasteiger partial charge in [0.15, 0.2) is 5.82 Å². The third-order valence-corrected chi connectivity index (χ3v) is 2.25. The van der Waals surface area contributed by atoms with Crippen molar-refractivity contribution in [3.63, 3.8) is 0 Å². The molecule has 0 bridgehead atoms. The highest BCUT2D eigenvalue weighted by molar-refractivity contribution is 6.29. The van der Waals surface area contributed by atoms with Gasteiger partial charge in [0.25, 0.3) is 0 Å². The summed E-state index contributed by atoms with van der Waals surface area (Å²) in [5, 5.41) is 0.498. The van der Waals surface area contributed by atoms with E-state index < -0.39 is 0 Å². The molecule has 0 radical (unpaired) electrons. The van der Waals surface area contributed by atoms with Crippen molar-refractivity contribution in [2.24, 2.45) is 0 Å². The number of hydrogen-bond acceptors (Lipinski definition) is 3. The molecule has 3 nitrogen and oxygen atoms in total. The minimum absolute atomic E-state index is 0.0531. The van der Waals surface area contributed by atoms with Crippen molar-refractivity contribution >= 4 is 11.6 Å². The summed E-state index contributed by atoms with van der Waals surface area (Å²) in [5.41, 5.74) is 0.894. The second kappa shape index (κ2) is 3.60. The Morgan fingerprint density at radius 3 is 3.00 bits per heavy atom. The number of hydrogen-bond donors (Lipinski definition) is 0. The van der Waals surface area contributed by atoms with Gasteiger partial charge in [-0.25, -0.2) is 9.97 Å². The topological polar surface area (TPSA) is 35.0 Å². The minimum Gasteiger partial charge on any atom is -0.370 e. The van der Waals surface area contributed by atoms with Crippen LogP contribution in [0.2, 0.25) is 5.15 Å².